The zero-order chi connectivity index (χ0) is 10.4. The van der Waals surface area contributed by atoms with Gasteiger partial charge in [0.15, 0.2) is 5.78 Å². The maximum Gasteiger partial charge on any atom is 0.370 e. The maximum absolute atomic E-state index is 10.9. The Morgan fingerprint density at radius 1 is 1.23 bits per heavy atom. The van der Waals surface area contributed by atoms with Crippen LogP contribution >= 0.6 is 0 Å². The van der Waals surface area contributed by atoms with Gasteiger partial charge in [-0.3, -0.25) is 4.79 Å². The Hall–Kier alpha value is -1.58. The van der Waals surface area contributed by atoms with Crippen LogP contribution in [0.5, 0.6) is 0 Å². The number of aliphatic hydroxyl groups is 1. The Bertz CT molecular complexity index is 261. The van der Waals surface area contributed by atoms with E-state index in [0.717, 1.165) is 6.08 Å². The minimum atomic E-state index is -1.42. The molecule has 0 aromatic heterocycles. The van der Waals surface area contributed by atoms with Crippen LogP contribution in [0, 0.1) is 5.92 Å². The molecule has 0 bridgehead atoms. The molecule has 4 heteroatoms. The third-order valence-electron chi connectivity index (χ3n) is 1.30. The molecule has 0 fully saturated rings. The van der Waals surface area contributed by atoms with Gasteiger partial charge in [-0.25, -0.2) is 4.79 Å². The first kappa shape index (κ1) is 11.4. The Morgan fingerprint density at radius 3 is 2.15 bits per heavy atom. The summed E-state index contributed by atoms with van der Waals surface area (Å²) in [6.07, 6.45) is 3.40. The van der Waals surface area contributed by atoms with Crippen LogP contribution in [0.2, 0.25) is 0 Å². The Balaban J connectivity index is 4.23. The number of hydrogen-bond donors (Lipinski definition) is 2. The lowest BCUT2D eigenvalue weighted by molar-refractivity contribution is -0.135. The van der Waals surface area contributed by atoms with Crippen molar-refractivity contribution in [3.63, 3.8) is 0 Å². The van der Waals surface area contributed by atoms with Gasteiger partial charge in [0, 0.05) is 5.92 Å². The van der Waals surface area contributed by atoms with Crippen LogP contribution in [0.3, 0.4) is 0 Å². The smallest absolute Gasteiger partial charge is 0.370 e. The number of allylic oxidation sites excluding steroid dienone is 3. The summed E-state index contributed by atoms with van der Waals surface area (Å²) in [5.74, 6) is -2.44. The van der Waals surface area contributed by atoms with Gasteiger partial charge in [-0.1, -0.05) is 19.9 Å². The van der Waals surface area contributed by atoms with Crippen LogP contribution in [0.25, 0.3) is 0 Å². The molecule has 0 amide bonds. The minimum Gasteiger partial charge on any atom is -0.502 e. The van der Waals surface area contributed by atoms with E-state index in [1.165, 1.54) is 12.2 Å². The molecular weight excluding hydrogens is 172 g/mol. The fourth-order valence-electron chi connectivity index (χ4n) is 0.498. The standard InChI is InChI=1S/C9H12O4/c1-6(2)7(10)4-3-5-8(11)9(12)13/h3-6,11H,1-2H3,(H,12,13). The number of carboxylic acids is 1. The van der Waals surface area contributed by atoms with Crippen LogP contribution in [-0.4, -0.2) is 22.0 Å². The van der Waals surface area contributed by atoms with Crippen LogP contribution in [0.15, 0.2) is 24.0 Å². The molecule has 2 N–H and O–H groups in total. The Morgan fingerprint density at radius 2 is 1.77 bits per heavy atom. The lowest BCUT2D eigenvalue weighted by atomic mass is 10.1. The van der Waals surface area contributed by atoms with Gasteiger partial charge in [-0.15, -0.1) is 0 Å². The van der Waals surface area contributed by atoms with Gasteiger partial charge in [0.25, 0.3) is 0 Å². The van der Waals surface area contributed by atoms with Crippen LogP contribution in [0.1, 0.15) is 13.8 Å². The molecule has 4 nitrogen and oxygen atoms in total. The number of carbonyl (C=O) groups excluding carboxylic acids is 1. The number of aliphatic hydroxyl groups excluding tert-OH is 1. The second kappa shape index (κ2) is 5.13. The van der Waals surface area contributed by atoms with Crippen molar-refractivity contribution in [2.24, 2.45) is 5.92 Å². The Labute approximate surface area is 76.2 Å². The van der Waals surface area contributed by atoms with Crippen molar-refractivity contribution in [1.29, 1.82) is 0 Å². The van der Waals surface area contributed by atoms with E-state index in [4.69, 9.17) is 10.2 Å². The fourth-order valence-corrected chi connectivity index (χ4v) is 0.498. The molecule has 0 spiro atoms. The van der Waals surface area contributed by atoms with E-state index in [2.05, 4.69) is 0 Å². The predicted molar refractivity (Wildman–Crippen MR) is 47.3 cm³/mol. The van der Waals surface area contributed by atoms with Crippen molar-refractivity contribution >= 4 is 11.8 Å². The molecule has 0 heterocycles. The number of hydrogen-bond acceptors (Lipinski definition) is 3. The molecule has 0 saturated carbocycles. The van der Waals surface area contributed by atoms with Crippen LogP contribution in [-0.2, 0) is 9.59 Å². The first-order chi connectivity index (χ1) is 5.95. The highest BCUT2D eigenvalue weighted by Crippen LogP contribution is 1.96. The fraction of sp³-hybridized carbons (Fsp3) is 0.333. The maximum atomic E-state index is 10.9. The van der Waals surface area contributed by atoms with Gasteiger partial charge in [-0.05, 0) is 12.2 Å². The lowest BCUT2D eigenvalue weighted by Gasteiger charge is -1.94. The zero-order valence-corrected chi connectivity index (χ0v) is 7.52. The Kier molecular flexibility index (Phi) is 4.51. The summed E-state index contributed by atoms with van der Waals surface area (Å²) >= 11 is 0. The number of ketones is 1. The van der Waals surface area contributed by atoms with Crippen molar-refractivity contribution in [3.05, 3.63) is 24.0 Å². The van der Waals surface area contributed by atoms with Gasteiger partial charge in [0.05, 0.1) is 0 Å². The van der Waals surface area contributed by atoms with Crippen molar-refractivity contribution < 1.29 is 19.8 Å². The molecule has 0 rings (SSSR count). The molecule has 0 radical (unpaired) electrons. The molecule has 0 aliphatic carbocycles. The highest BCUT2D eigenvalue weighted by atomic mass is 16.4. The number of carbonyl (C=O) groups is 2. The summed E-state index contributed by atoms with van der Waals surface area (Å²) in [5.41, 5.74) is 0. The molecule has 0 unspecified atom stereocenters. The second-order valence-corrected chi connectivity index (χ2v) is 2.77. The van der Waals surface area contributed by atoms with Crippen molar-refractivity contribution in [3.8, 4) is 0 Å². The first-order valence-electron chi connectivity index (χ1n) is 3.79. The molecule has 0 aromatic carbocycles. The predicted octanol–water partition coefficient (Wildman–Crippen LogP) is 1.29. The van der Waals surface area contributed by atoms with Gasteiger partial charge in [-0.2, -0.15) is 0 Å². The van der Waals surface area contributed by atoms with Gasteiger partial charge >= 0.3 is 5.97 Å². The van der Waals surface area contributed by atoms with Crippen LogP contribution in [0.4, 0.5) is 0 Å². The van der Waals surface area contributed by atoms with E-state index in [1.807, 2.05) is 0 Å². The topological polar surface area (TPSA) is 74.6 Å². The molecule has 0 aliphatic rings. The third-order valence-corrected chi connectivity index (χ3v) is 1.30. The molecule has 0 aliphatic heterocycles. The van der Waals surface area contributed by atoms with E-state index >= 15 is 0 Å². The van der Waals surface area contributed by atoms with Crippen molar-refractivity contribution in [2.45, 2.75) is 13.8 Å². The van der Waals surface area contributed by atoms with E-state index in [9.17, 15) is 9.59 Å². The van der Waals surface area contributed by atoms with Crippen molar-refractivity contribution in [2.75, 3.05) is 0 Å². The van der Waals surface area contributed by atoms with E-state index in [-0.39, 0.29) is 11.7 Å². The van der Waals surface area contributed by atoms with E-state index < -0.39 is 11.7 Å². The minimum absolute atomic E-state index is 0.116. The van der Waals surface area contributed by atoms with Crippen LogP contribution < -0.4 is 0 Å². The summed E-state index contributed by atoms with van der Waals surface area (Å²) < 4.78 is 0. The molecule has 0 atom stereocenters. The van der Waals surface area contributed by atoms with Crippen molar-refractivity contribution in [1.82, 2.24) is 0 Å². The highest BCUT2D eigenvalue weighted by Gasteiger charge is 2.02. The van der Waals surface area contributed by atoms with Gasteiger partial charge < -0.3 is 10.2 Å². The van der Waals surface area contributed by atoms with E-state index in [0.29, 0.717) is 0 Å². The molecular formula is C9H12O4. The van der Waals surface area contributed by atoms with Gasteiger partial charge in [0.2, 0.25) is 5.76 Å². The normalized spacial score (nSPS) is 12.4. The SMILES string of the molecule is CC(C)C(=O)C=CC=C(O)C(=O)O. The number of carboxylic acid groups (broad SMARTS) is 1. The zero-order valence-electron chi connectivity index (χ0n) is 7.52. The summed E-state index contributed by atoms with van der Waals surface area (Å²) in [5, 5.41) is 16.9. The van der Waals surface area contributed by atoms with E-state index in [1.54, 1.807) is 13.8 Å². The summed E-state index contributed by atoms with van der Waals surface area (Å²) in [7, 11) is 0. The first-order valence-corrected chi connectivity index (χ1v) is 3.79. The summed E-state index contributed by atoms with van der Waals surface area (Å²) in [6, 6.07) is 0. The molecule has 72 valence electrons. The summed E-state index contributed by atoms with van der Waals surface area (Å²) in [4.78, 5) is 21.0. The average Bonchev–Trinajstić information content (AvgIpc) is 2.03. The second-order valence-electron chi connectivity index (χ2n) is 2.77. The molecule has 0 saturated heterocycles. The molecule has 13 heavy (non-hydrogen) atoms. The number of aliphatic carboxylic acids is 1. The van der Waals surface area contributed by atoms with Gasteiger partial charge in [0.1, 0.15) is 0 Å². The average molecular weight is 184 g/mol. The summed E-state index contributed by atoms with van der Waals surface area (Å²) in [6.45, 7) is 3.46. The molecule has 0 aromatic rings. The highest BCUT2D eigenvalue weighted by molar-refractivity contribution is 5.91. The largest absolute Gasteiger partial charge is 0.502 e. The lowest BCUT2D eigenvalue weighted by Crippen LogP contribution is -2.02. The quantitative estimate of drug-likeness (QED) is 0.392. The third kappa shape index (κ3) is 4.79. The monoisotopic (exact) mass is 184 g/mol. The number of rotatable bonds is 4.